The number of esters is 1. The van der Waals surface area contributed by atoms with Gasteiger partial charge in [0, 0.05) is 17.7 Å². The number of carbonyl (C=O) groups excluding carboxylic acids is 2. The van der Waals surface area contributed by atoms with Crippen LogP contribution in [0.5, 0.6) is 0 Å². The Labute approximate surface area is 93.1 Å². The molecule has 0 fully saturated rings. The second kappa shape index (κ2) is 6.35. The highest BCUT2D eigenvalue weighted by Gasteiger charge is 2.08. The normalized spacial score (nSPS) is 9.93. The molecule has 0 saturated heterocycles. The Bertz CT molecular complexity index is 317. The van der Waals surface area contributed by atoms with Gasteiger partial charge >= 0.3 is 5.97 Å². The summed E-state index contributed by atoms with van der Waals surface area (Å²) in [6, 6.07) is 3.84. The molecule has 0 aromatic carbocycles. The molecule has 0 amide bonds. The molecule has 82 valence electrons. The zero-order valence-electron chi connectivity index (χ0n) is 8.69. The fourth-order valence-electron chi connectivity index (χ4n) is 1.17. The first-order valence-electron chi connectivity index (χ1n) is 4.92. The number of Topliss-reactive ketones (excluding diaryl/α,β-unsaturated/α-hetero) is 1. The lowest BCUT2D eigenvalue weighted by Crippen LogP contribution is -2.08. The first-order chi connectivity index (χ1) is 7.22. The van der Waals surface area contributed by atoms with Crippen LogP contribution in [-0.4, -0.2) is 18.4 Å². The predicted octanol–water partition coefficient (Wildman–Crippen LogP) is 2.20. The van der Waals surface area contributed by atoms with Crippen LogP contribution in [-0.2, 0) is 20.7 Å². The minimum absolute atomic E-state index is 0.0884. The van der Waals surface area contributed by atoms with Gasteiger partial charge in [0.2, 0.25) is 0 Å². The molecule has 0 aliphatic heterocycles. The van der Waals surface area contributed by atoms with Gasteiger partial charge in [-0.1, -0.05) is 6.07 Å². The van der Waals surface area contributed by atoms with Crippen molar-refractivity contribution in [3.05, 3.63) is 22.4 Å². The Morgan fingerprint density at radius 1 is 1.40 bits per heavy atom. The van der Waals surface area contributed by atoms with E-state index in [1.54, 1.807) is 18.3 Å². The van der Waals surface area contributed by atoms with Crippen molar-refractivity contribution in [1.82, 2.24) is 0 Å². The molecule has 0 radical (unpaired) electrons. The van der Waals surface area contributed by atoms with Crippen LogP contribution in [0.2, 0.25) is 0 Å². The van der Waals surface area contributed by atoms with Crippen LogP contribution >= 0.6 is 11.3 Å². The number of ketones is 1. The smallest absolute Gasteiger partial charge is 0.306 e. The molecule has 0 aliphatic carbocycles. The van der Waals surface area contributed by atoms with E-state index in [9.17, 15) is 9.59 Å². The van der Waals surface area contributed by atoms with E-state index in [1.165, 1.54) is 0 Å². The van der Waals surface area contributed by atoms with Gasteiger partial charge in [0.15, 0.2) is 0 Å². The van der Waals surface area contributed by atoms with Crippen LogP contribution in [0.4, 0.5) is 0 Å². The third-order valence-electron chi connectivity index (χ3n) is 1.86. The van der Waals surface area contributed by atoms with Crippen molar-refractivity contribution in [3.63, 3.8) is 0 Å². The summed E-state index contributed by atoms with van der Waals surface area (Å²) in [5.41, 5.74) is 0. The van der Waals surface area contributed by atoms with E-state index in [2.05, 4.69) is 0 Å². The third-order valence-corrected chi connectivity index (χ3v) is 2.74. The van der Waals surface area contributed by atoms with Crippen molar-refractivity contribution >= 4 is 23.1 Å². The van der Waals surface area contributed by atoms with Crippen LogP contribution in [0.1, 0.15) is 24.6 Å². The van der Waals surface area contributed by atoms with Gasteiger partial charge in [0.05, 0.1) is 13.0 Å². The standard InChI is InChI=1S/C11H14O3S/c1-2-14-11(13)6-5-9(12)8-10-4-3-7-15-10/h3-4,7H,2,5-6,8H2,1H3. The number of carbonyl (C=O) groups is 2. The van der Waals surface area contributed by atoms with Crippen molar-refractivity contribution in [2.75, 3.05) is 6.61 Å². The fraction of sp³-hybridized carbons (Fsp3) is 0.455. The highest BCUT2D eigenvalue weighted by molar-refractivity contribution is 7.10. The molecular formula is C11H14O3S. The van der Waals surface area contributed by atoms with E-state index in [4.69, 9.17) is 4.74 Å². The molecule has 1 aromatic rings. The molecule has 4 heteroatoms. The lowest BCUT2D eigenvalue weighted by Gasteiger charge is -2.00. The van der Waals surface area contributed by atoms with E-state index in [0.717, 1.165) is 4.88 Å². The second-order valence-electron chi connectivity index (χ2n) is 3.10. The van der Waals surface area contributed by atoms with Crippen LogP contribution in [0, 0.1) is 0 Å². The van der Waals surface area contributed by atoms with Gasteiger partial charge in [-0.05, 0) is 18.4 Å². The summed E-state index contributed by atoms with van der Waals surface area (Å²) in [5.74, 6) is -0.206. The average molecular weight is 226 g/mol. The molecule has 0 unspecified atom stereocenters. The topological polar surface area (TPSA) is 43.4 Å². The monoisotopic (exact) mass is 226 g/mol. The van der Waals surface area contributed by atoms with E-state index in [0.29, 0.717) is 13.0 Å². The second-order valence-corrected chi connectivity index (χ2v) is 4.13. The van der Waals surface area contributed by atoms with Gasteiger partial charge in [-0.3, -0.25) is 9.59 Å². The number of hydrogen-bond donors (Lipinski definition) is 0. The van der Waals surface area contributed by atoms with Gasteiger partial charge in [0.1, 0.15) is 5.78 Å². The lowest BCUT2D eigenvalue weighted by molar-refractivity contribution is -0.144. The molecule has 15 heavy (non-hydrogen) atoms. The van der Waals surface area contributed by atoms with Gasteiger partial charge in [-0.25, -0.2) is 0 Å². The minimum atomic E-state index is -0.294. The molecule has 0 spiro atoms. The Morgan fingerprint density at radius 3 is 2.80 bits per heavy atom. The maximum absolute atomic E-state index is 11.4. The van der Waals surface area contributed by atoms with Crippen molar-refractivity contribution < 1.29 is 14.3 Å². The number of thiophene rings is 1. The largest absolute Gasteiger partial charge is 0.466 e. The molecule has 0 atom stereocenters. The zero-order chi connectivity index (χ0) is 11.1. The molecule has 1 heterocycles. The lowest BCUT2D eigenvalue weighted by atomic mass is 10.1. The highest BCUT2D eigenvalue weighted by Crippen LogP contribution is 2.10. The summed E-state index contributed by atoms with van der Waals surface area (Å²) in [5, 5.41) is 1.94. The first kappa shape index (κ1) is 11.9. The molecule has 1 aromatic heterocycles. The van der Waals surface area contributed by atoms with Gasteiger partial charge < -0.3 is 4.74 Å². The van der Waals surface area contributed by atoms with Gasteiger partial charge in [0.25, 0.3) is 0 Å². The predicted molar refractivity (Wildman–Crippen MR) is 58.9 cm³/mol. The Morgan fingerprint density at radius 2 is 2.20 bits per heavy atom. The molecule has 0 aliphatic rings. The molecular weight excluding hydrogens is 212 g/mol. The SMILES string of the molecule is CCOC(=O)CCC(=O)Cc1cccs1. The Kier molecular flexibility index (Phi) is 5.04. The minimum Gasteiger partial charge on any atom is -0.466 e. The van der Waals surface area contributed by atoms with Crippen molar-refractivity contribution in [2.45, 2.75) is 26.2 Å². The molecule has 1 rings (SSSR count). The maximum atomic E-state index is 11.4. The molecule has 3 nitrogen and oxygen atoms in total. The van der Waals surface area contributed by atoms with Crippen LogP contribution in [0.25, 0.3) is 0 Å². The number of ether oxygens (including phenoxy) is 1. The number of rotatable bonds is 6. The summed E-state index contributed by atoms with van der Waals surface area (Å²) < 4.78 is 4.74. The molecule has 0 bridgehead atoms. The highest BCUT2D eigenvalue weighted by atomic mass is 32.1. The van der Waals surface area contributed by atoms with Gasteiger partial charge in [-0.15, -0.1) is 11.3 Å². The average Bonchev–Trinajstić information content (AvgIpc) is 2.68. The van der Waals surface area contributed by atoms with E-state index in [1.807, 2.05) is 17.5 Å². The first-order valence-corrected chi connectivity index (χ1v) is 5.80. The van der Waals surface area contributed by atoms with E-state index in [-0.39, 0.29) is 24.6 Å². The molecule has 0 N–H and O–H groups in total. The summed E-state index contributed by atoms with van der Waals surface area (Å²) in [6.45, 7) is 2.13. The third kappa shape index (κ3) is 4.74. The summed E-state index contributed by atoms with van der Waals surface area (Å²) in [7, 11) is 0. The summed E-state index contributed by atoms with van der Waals surface area (Å²) in [4.78, 5) is 23.4. The zero-order valence-corrected chi connectivity index (χ0v) is 9.51. The van der Waals surface area contributed by atoms with E-state index < -0.39 is 0 Å². The fourth-order valence-corrected chi connectivity index (χ4v) is 1.90. The summed E-state index contributed by atoms with van der Waals surface area (Å²) in [6.07, 6.45) is 0.895. The van der Waals surface area contributed by atoms with Crippen LogP contribution in [0.3, 0.4) is 0 Å². The Hall–Kier alpha value is -1.16. The van der Waals surface area contributed by atoms with Crippen molar-refractivity contribution in [2.24, 2.45) is 0 Å². The van der Waals surface area contributed by atoms with Crippen molar-refractivity contribution in [1.29, 1.82) is 0 Å². The van der Waals surface area contributed by atoms with Crippen LogP contribution in [0.15, 0.2) is 17.5 Å². The quantitative estimate of drug-likeness (QED) is 0.698. The summed E-state index contributed by atoms with van der Waals surface area (Å²) >= 11 is 1.56. The van der Waals surface area contributed by atoms with Crippen molar-refractivity contribution in [3.8, 4) is 0 Å². The molecule has 0 saturated carbocycles. The number of hydrogen-bond acceptors (Lipinski definition) is 4. The van der Waals surface area contributed by atoms with E-state index >= 15 is 0 Å². The Balaban J connectivity index is 2.22. The maximum Gasteiger partial charge on any atom is 0.306 e. The van der Waals surface area contributed by atoms with Crippen LogP contribution < -0.4 is 0 Å². The van der Waals surface area contributed by atoms with Gasteiger partial charge in [-0.2, -0.15) is 0 Å².